The van der Waals surface area contributed by atoms with Crippen LogP contribution < -0.4 is 19.5 Å². The van der Waals surface area contributed by atoms with Crippen LogP contribution >= 0.6 is 0 Å². The maximum Gasteiger partial charge on any atom is 0.416 e. The highest BCUT2D eigenvalue weighted by molar-refractivity contribution is 6.03. The van der Waals surface area contributed by atoms with Crippen molar-refractivity contribution in [3.8, 4) is 17.2 Å². The first-order valence-electron chi connectivity index (χ1n) is 26.9. The second-order valence-electron chi connectivity index (χ2n) is 20.8. The van der Waals surface area contributed by atoms with Crippen LogP contribution in [0.3, 0.4) is 0 Å². The third kappa shape index (κ3) is 15.6. The number of unbranched alkanes of at least 4 members (excludes halogenated alkanes) is 11. The van der Waals surface area contributed by atoms with E-state index >= 15 is 4.79 Å². The van der Waals surface area contributed by atoms with E-state index in [0.29, 0.717) is 55.0 Å². The van der Waals surface area contributed by atoms with E-state index in [0.717, 1.165) is 43.2 Å². The molecule has 3 aromatic rings. The van der Waals surface area contributed by atoms with Crippen LogP contribution in [0.4, 0.5) is 19.7 Å². The molecule has 2 aliphatic carbocycles. The van der Waals surface area contributed by atoms with Crippen LogP contribution in [0.2, 0.25) is 0 Å². The Bertz CT molecular complexity index is 2350. The Morgan fingerprint density at radius 2 is 1.54 bits per heavy atom. The summed E-state index contributed by atoms with van der Waals surface area (Å²) in [6, 6.07) is 15.2. The van der Waals surface area contributed by atoms with Crippen molar-refractivity contribution in [3.05, 3.63) is 118 Å². The zero-order chi connectivity index (χ0) is 53.1. The van der Waals surface area contributed by atoms with Gasteiger partial charge in [0.15, 0.2) is 0 Å². The number of rotatable bonds is 29. The van der Waals surface area contributed by atoms with Crippen molar-refractivity contribution in [3.63, 3.8) is 0 Å². The molecule has 0 radical (unpaired) electrons. The molecule has 3 aromatic carbocycles. The first-order valence-corrected chi connectivity index (χ1v) is 26.9. The molecule has 0 spiro atoms. The van der Waals surface area contributed by atoms with Crippen LogP contribution in [0.15, 0.2) is 96.2 Å². The minimum atomic E-state index is -1.69. The fraction of sp³-hybridized carbons (Fsp3) is 0.569. The summed E-state index contributed by atoms with van der Waals surface area (Å²) in [6.45, 7) is 12.3. The van der Waals surface area contributed by atoms with Crippen molar-refractivity contribution < 1.29 is 52.9 Å². The number of nitrogens with zero attached hydrogens (tertiary/aromatic N) is 3. The van der Waals surface area contributed by atoms with E-state index in [9.17, 15) is 29.5 Å². The van der Waals surface area contributed by atoms with E-state index in [-0.39, 0.29) is 56.1 Å². The van der Waals surface area contributed by atoms with Gasteiger partial charge in [0.05, 0.1) is 23.2 Å². The summed E-state index contributed by atoms with van der Waals surface area (Å²) in [5.74, 6) is -2.66. The molecule has 74 heavy (non-hydrogen) atoms. The molecule has 1 aliphatic heterocycles. The lowest BCUT2D eigenvalue weighted by molar-refractivity contribution is -0.384. The second-order valence-corrected chi connectivity index (χ2v) is 20.8. The van der Waals surface area contributed by atoms with Gasteiger partial charge in [-0.15, -0.1) is 6.58 Å². The number of nitro groups is 1. The van der Waals surface area contributed by atoms with Crippen LogP contribution in [0.1, 0.15) is 154 Å². The summed E-state index contributed by atoms with van der Waals surface area (Å²) in [5.41, 5.74) is 1.75. The van der Waals surface area contributed by atoms with E-state index in [2.05, 4.69) is 24.9 Å². The average molecular weight is 1030 g/mol. The number of oxime groups is 1. The predicted octanol–water partition coefficient (Wildman–Crippen LogP) is 12.9. The third-order valence-electron chi connectivity index (χ3n) is 14.2. The van der Waals surface area contributed by atoms with Gasteiger partial charge in [-0.2, -0.15) is 0 Å². The molecule has 6 atom stereocenters. The van der Waals surface area contributed by atoms with Gasteiger partial charge in [0.2, 0.25) is 5.79 Å². The molecule has 1 heterocycles. The summed E-state index contributed by atoms with van der Waals surface area (Å²) in [5, 5.41) is 39.4. The molecular weight excluding hydrogens is 948 g/mol. The number of amides is 2. The largest absolute Gasteiger partial charge is 0.459 e. The van der Waals surface area contributed by atoms with Crippen molar-refractivity contribution in [2.45, 2.75) is 167 Å². The lowest BCUT2D eigenvalue weighted by Crippen LogP contribution is -2.70. The Labute approximate surface area is 436 Å². The zero-order valence-electron chi connectivity index (χ0n) is 43.9. The van der Waals surface area contributed by atoms with Gasteiger partial charge in [0, 0.05) is 56.3 Å². The molecule has 15 nitrogen and oxygen atoms in total. The lowest BCUT2D eigenvalue weighted by Gasteiger charge is -2.59. The van der Waals surface area contributed by atoms with E-state index in [1.807, 2.05) is 26.8 Å². The Morgan fingerprint density at radius 1 is 0.892 bits per heavy atom. The highest BCUT2D eigenvalue weighted by atomic mass is 19.1. The van der Waals surface area contributed by atoms with Gasteiger partial charge in [0.25, 0.3) is 5.69 Å². The highest BCUT2D eigenvalue weighted by Crippen LogP contribution is 2.62. The molecule has 6 rings (SSSR count). The van der Waals surface area contributed by atoms with Crippen molar-refractivity contribution >= 4 is 23.6 Å². The minimum absolute atomic E-state index is 0.00757. The standard InChI is InChI=1S/C58H79FN4O11/c1-6-8-9-10-11-12-13-14-15-18-33-60-55(66)71-46-31-32-51-49(38-46)53-47(22-17-20-35-65)42(21-16-19-34-64)37-48-50(61-74-57(3,4)5)39-52(58(73-51,54(48)53)70-36-7-2)62(40-41-23-25-43(59)26-24-41)56(67)72-45-29-27-44(28-30-45)63(68)69/h7,23-32,37-38,42,47,52-54,64-65H,2,6,8-22,33-36,39-40H2,1,3-5H3,(H,60,66)/t42-,47+,52-,53+,54+,58+/m0/s1. The number of carbonyl (C=O) groups excluding carboxylic acids is 2. The van der Waals surface area contributed by atoms with Gasteiger partial charge < -0.3 is 39.3 Å². The number of halogens is 1. The highest BCUT2D eigenvalue weighted by Gasteiger charge is 2.66. The van der Waals surface area contributed by atoms with Crippen LogP contribution in [-0.2, 0) is 16.1 Å². The van der Waals surface area contributed by atoms with Crippen LogP contribution in [0, 0.1) is 33.7 Å². The summed E-state index contributed by atoms with van der Waals surface area (Å²) < 4.78 is 41.0. The number of nitro benzene ring substituents is 1. The van der Waals surface area contributed by atoms with Gasteiger partial charge in [-0.25, -0.2) is 14.0 Å². The molecule has 3 N–H and O–H groups in total. The number of benzene rings is 3. The summed E-state index contributed by atoms with van der Waals surface area (Å²) in [7, 11) is 0. The number of non-ortho nitro benzene ring substituents is 1. The van der Waals surface area contributed by atoms with Gasteiger partial charge in [0.1, 0.15) is 34.7 Å². The molecular formula is C58H79FN4O11. The van der Waals surface area contributed by atoms with Crippen LogP contribution in [0.25, 0.3) is 0 Å². The van der Waals surface area contributed by atoms with E-state index in [1.54, 1.807) is 30.3 Å². The number of aliphatic hydroxyl groups is 2. The fourth-order valence-corrected chi connectivity index (χ4v) is 10.7. The summed E-state index contributed by atoms with van der Waals surface area (Å²) >= 11 is 0. The van der Waals surface area contributed by atoms with Gasteiger partial charge in [-0.1, -0.05) is 107 Å². The first kappa shape index (κ1) is 57.4. The Kier molecular flexibility index (Phi) is 21.9. The number of hydrogen-bond acceptors (Lipinski definition) is 12. The Morgan fingerprint density at radius 3 is 2.18 bits per heavy atom. The smallest absolute Gasteiger partial charge is 0.416 e. The van der Waals surface area contributed by atoms with Crippen LogP contribution in [-0.4, -0.2) is 81.7 Å². The van der Waals surface area contributed by atoms with Gasteiger partial charge in [-0.05, 0) is 118 Å². The quantitative estimate of drug-likeness (QED) is 0.0259. The van der Waals surface area contributed by atoms with E-state index < -0.39 is 52.2 Å². The number of carbonyl (C=O) groups is 2. The topological polar surface area (TPSA) is 192 Å². The Balaban J connectivity index is 1.45. The first-order chi connectivity index (χ1) is 35.7. The van der Waals surface area contributed by atoms with Crippen molar-refractivity contribution in [1.82, 2.24) is 10.2 Å². The molecule has 3 aliphatic rings. The monoisotopic (exact) mass is 1030 g/mol. The van der Waals surface area contributed by atoms with Crippen LogP contribution in [0.5, 0.6) is 17.2 Å². The number of aliphatic hydroxyl groups excluding tert-OH is 2. The molecule has 1 saturated carbocycles. The molecule has 1 fully saturated rings. The molecule has 404 valence electrons. The molecule has 2 amide bonds. The van der Waals surface area contributed by atoms with Crippen molar-refractivity contribution in [2.75, 3.05) is 26.4 Å². The maximum atomic E-state index is 15.1. The fourth-order valence-electron chi connectivity index (χ4n) is 10.7. The number of hydrogen-bond donors (Lipinski definition) is 3. The molecule has 0 saturated heterocycles. The molecule has 0 aromatic heterocycles. The Hall–Kier alpha value is -5.84. The minimum Gasteiger partial charge on any atom is -0.459 e. The molecule has 16 heteroatoms. The molecule has 0 bridgehead atoms. The zero-order valence-corrected chi connectivity index (χ0v) is 43.9. The average Bonchev–Trinajstić information content (AvgIpc) is 3.38. The molecule has 0 unspecified atom stereocenters. The summed E-state index contributed by atoms with van der Waals surface area (Å²) in [6.07, 6.45) is 18.2. The van der Waals surface area contributed by atoms with Crippen molar-refractivity contribution in [2.24, 2.45) is 22.9 Å². The normalized spacial score (nSPS) is 21.4. The number of nitrogens with one attached hydrogen (secondary N) is 1. The SMILES string of the molecule is C=CCO[C@@]12Oc3ccc(OC(=O)NCCCCCCCCCCCC)cc3[C@H]3[C@H](CCCCO)[C@@H](CCCCO)C=C(C(=NOC(C)(C)C)C[C@@H]1N(Cc1ccc(F)cc1)C(=O)Oc1ccc([N+](=O)[O-])cc1)[C@H]32. The number of allylic oxidation sites excluding steroid dienone is 1. The van der Waals surface area contributed by atoms with E-state index in [1.165, 1.54) is 86.2 Å². The number of ether oxygens (including phenoxy) is 4. The van der Waals surface area contributed by atoms with Crippen molar-refractivity contribution in [1.29, 1.82) is 0 Å². The summed E-state index contributed by atoms with van der Waals surface area (Å²) in [4.78, 5) is 47.2. The maximum absolute atomic E-state index is 15.1. The second kappa shape index (κ2) is 28.2. The van der Waals surface area contributed by atoms with E-state index in [4.69, 9.17) is 28.9 Å². The van der Waals surface area contributed by atoms with Gasteiger partial charge in [-0.3, -0.25) is 15.0 Å². The lowest BCUT2D eigenvalue weighted by atomic mass is 9.55. The predicted molar refractivity (Wildman–Crippen MR) is 283 cm³/mol. The van der Waals surface area contributed by atoms with Gasteiger partial charge >= 0.3 is 12.2 Å². The third-order valence-corrected chi connectivity index (χ3v) is 14.2. The number of fused-ring (bicyclic) bond motifs is 2.